The number of rotatable bonds is 3. The molecule has 1 saturated carbocycles. The Bertz CT molecular complexity index is 764. The molecule has 6 nitrogen and oxygen atoms in total. The number of guanidine groups is 1. The van der Waals surface area contributed by atoms with Gasteiger partial charge in [0.2, 0.25) is 0 Å². The number of thiazole rings is 1. The van der Waals surface area contributed by atoms with Crippen molar-refractivity contribution in [2.45, 2.75) is 64.2 Å². The summed E-state index contributed by atoms with van der Waals surface area (Å²) in [5.74, 6) is 1.06. The SMILES string of the molecule is CCNC(=NCc1sc(C)nc1C)N1CCS(=O)(=O)C2(CCCCC2)C1. The molecule has 2 fully saturated rings. The van der Waals surface area contributed by atoms with Gasteiger partial charge in [0.1, 0.15) is 0 Å². The van der Waals surface area contributed by atoms with E-state index in [1.54, 1.807) is 11.3 Å². The second-order valence-corrected chi connectivity index (χ2v) is 11.2. The third-order valence-corrected chi connectivity index (χ3v) is 9.17. The Kier molecular flexibility index (Phi) is 5.91. The monoisotopic (exact) mass is 398 g/mol. The molecular weight excluding hydrogens is 368 g/mol. The van der Waals surface area contributed by atoms with Crippen LogP contribution < -0.4 is 5.32 Å². The molecule has 8 heteroatoms. The maximum absolute atomic E-state index is 12.8. The molecule has 0 amide bonds. The molecule has 2 heterocycles. The number of sulfone groups is 1. The van der Waals surface area contributed by atoms with E-state index < -0.39 is 14.6 Å². The first-order chi connectivity index (χ1) is 12.4. The molecule has 1 N–H and O–H groups in total. The van der Waals surface area contributed by atoms with Crippen LogP contribution in [0.25, 0.3) is 0 Å². The molecule has 0 bridgehead atoms. The first-order valence-corrected chi connectivity index (χ1v) is 12.0. The zero-order valence-electron chi connectivity index (χ0n) is 16.0. The minimum Gasteiger partial charge on any atom is -0.357 e. The largest absolute Gasteiger partial charge is 0.357 e. The van der Waals surface area contributed by atoms with Crippen molar-refractivity contribution < 1.29 is 8.42 Å². The van der Waals surface area contributed by atoms with Crippen LogP contribution in [0.5, 0.6) is 0 Å². The minimum absolute atomic E-state index is 0.232. The number of nitrogens with one attached hydrogen (secondary N) is 1. The Labute approximate surface area is 161 Å². The number of aliphatic imine (C=N–C) groups is 1. The van der Waals surface area contributed by atoms with E-state index >= 15 is 0 Å². The second-order valence-electron chi connectivity index (χ2n) is 7.40. The topological polar surface area (TPSA) is 74.7 Å². The molecule has 2 aliphatic rings. The Morgan fingerprint density at radius 2 is 2.04 bits per heavy atom. The van der Waals surface area contributed by atoms with Gasteiger partial charge in [0, 0.05) is 24.5 Å². The maximum Gasteiger partial charge on any atom is 0.194 e. The molecule has 1 aromatic heterocycles. The van der Waals surface area contributed by atoms with Crippen LogP contribution in [0.2, 0.25) is 0 Å². The van der Waals surface area contributed by atoms with Gasteiger partial charge < -0.3 is 10.2 Å². The molecule has 1 spiro atoms. The third kappa shape index (κ3) is 3.91. The van der Waals surface area contributed by atoms with Crippen LogP contribution in [-0.4, -0.2) is 54.4 Å². The summed E-state index contributed by atoms with van der Waals surface area (Å²) in [4.78, 5) is 12.6. The van der Waals surface area contributed by atoms with Crippen molar-refractivity contribution in [1.29, 1.82) is 0 Å². The van der Waals surface area contributed by atoms with Gasteiger partial charge >= 0.3 is 0 Å². The van der Waals surface area contributed by atoms with E-state index in [1.807, 2.05) is 13.8 Å². The van der Waals surface area contributed by atoms with E-state index in [-0.39, 0.29) is 5.75 Å². The molecule has 1 saturated heterocycles. The molecular formula is C18H30N4O2S2. The summed E-state index contributed by atoms with van der Waals surface area (Å²) in [5, 5.41) is 4.42. The average Bonchev–Trinajstić information content (AvgIpc) is 2.93. The molecule has 0 atom stereocenters. The van der Waals surface area contributed by atoms with Gasteiger partial charge in [0.05, 0.1) is 27.7 Å². The van der Waals surface area contributed by atoms with Crippen molar-refractivity contribution in [3.8, 4) is 0 Å². The Balaban J connectivity index is 1.81. The first-order valence-electron chi connectivity index (χ1n) is 9.55. The summed E-state index contributed by atoms with van der Waals surface area (Å²) in [5.41, 5.74) is 1.04. The van der Waals surface area contributed by atoms with E-state index in [2.05, 4.69) is 22.1 Å². The number of aryl methyl sites for hydroxylation is 2. The van der Waals surface area contributed by atoms with Crippen LogP contribution in [0.4, 0.5) is 0 Å². The quantitative estimate of drug-likeness (QED) is 0.626. The van der Waals surface area contributed by atoms with Crippen LogP contribution in [0, 0.1) is 13.8 Å². The van der Waals surface area contributed by atoms with E-state index in [9.17, 15) is 8.42 Å². The van der Waals surface area contributed by atoms with Gasteiger partial charge in [0.25, 0.3) is 0 Å². The fourth-order valence-electron chi connectivity index (χ4n) is 4.11. The van der Waals surface area contributed by atoms with E-state index in [0.29, 0.717) is 19.6 Å². The number of nitrogens with zero attached hydrogens (tertiary/aromatic N) is 3. The lowest BCUT2D eigenvalue weighted by atomic mass is 9.87. The fourth-order valence-corrected chi connectivity index (χ4v) is 7.13. The van der Waals surface area contributed by atoms with Gasteiger partial charge in [-0.2, -0.15) is 0 Å². The number of aromatic nitrogens is 1. The Hall–Kier alpha value is -1.15. The van der Waals surface area contributed by atoms with Crippen molar-refractivity contribution in [2.24, 2.45) is 4.99 Å². The van der Waals surface area contributed by atoms with Crippen molar-refractivity contribution in [2.75, 3.05) is 25.4 Å². The standard InChI is InChI=1S/C18H30N4O2S2/c1-4-19-17(20-12-16-14(2)21-15(3)25-16)22-10-11-26(23,24)18(13-22)8-6-5-7-9-18/h4-13H2,1-3H3,(H,19,20). The van der Waals surface area contributed by atoms with Crippen molar-refractivity contribution >= 4 is 27.1 Å². The minimum atomic E-state index is -3.03. The molecule has 1 aliphatic carbocycles. The summed E-state index contributed by atoms with van der Waals surface area (Å²) in [6, 6.07) is 0. The Morgan fingerprint density at radius 3 is 2.65 bits per heavy atom. The fraction of sp³-hybridized carbons (Fsp3) is 0.778. The predicted molar refractivity (Wildman–Crippen MR) is 108 cm³/mol. The highest BCUT2D eigenvalue weighted by Crippen LogP contribution is 2.38. The summed E-state index contributed by atoms with van der Waals surface area (Å²) >= 11 is 1.68. The highest BCUT2D eigenvalue weighted by Gasteiger charge is 2.48. The van der Waals surface area contributed by atoms with Crippen LogP contribution >= 0.6 is 11.3 Å². The summed E-state index contributed by atoms with van der Waals surface area (Å²) in [6.45, 7) is 8.54. The third-order valence-electron chi connectivity index (χ3n) is 5.54. The van der Waals surface area contributed by atoms with E-state index in [4.69, 9.17) is 4.99 Å². The van der Waals surface area contributed by atoms with Gasteiger partial charge in [-0.25, -0.2) is 18.4 Å². The van der Waals surface area contributed by atoms with Gasteiger partial charge in [0.15, 0.2) is 15.8 Å². The van der Waals surface area contributed by atoms with E-state index in [1.165, 1.54) is 4.88 Å². The first kappa shape index (κ1) is 19.6. The van der Waals surface area contributed by atoms with Crippen molar-refractivity contribution in [3.05, 3.63) is 15.6 Å². The van der Waals surface area contributed by atoms with Crippen LogP contribution in [-0.2, 0) is 16.4 Å². The predicted octanol–water partition coefficient (Wildman–Crippen LogP) is 2.66. The van der Waals surface area contributed by atoms with Gasteiger partial charge in [-0.05, 0) is 33.6 Å². The van der Waals surface area contributed by atoms with E-state index in [0.717, 1.165) is 55.3 Å². The number of hydrogen-bond acceptors (Lipinski definition) is 5. The molecule has 0 unspecified atom stereocenters. The zero-order chi connectivity index (χ0) is 18.8. The smallest absolute Gasteiger partial charge is 0.194 e. The molecule has 1 aromatic rings. The molecule has 146 valence electrons. The molecule has 0 radical (unpaired) electrons. The molecule has 0 aromatic carbocycles. The average molecular weight is 399 g/mol. The normalized spacial score (nSPS) is 22.6. The lowest BCUT2D eigenvalue weighted by Crippen LogP contribution is -2.60. The van der Waals surface area contributed by atoms with Crippen LogP contribution in [0.15, 0.2) is 4.99 Å². The maximum atomic E-state index is 12.8. The summed E-state index contributed by atoms with van der Waals surface area (Å²) in [7, 11) is -3.03. The zero-order valence-corrected chi connectivity index (χ0v) is 17.7. The molecule has 3 rings (SSSR count). The highest BCUT2D eigenvalue weighted by atomic mass is 32.2. The molecule has 26 heavy (non-hydrogen) atoms. The van der Waals surface area contributed by atoms with Gasteiger partial charge in [-0.1, -0.05) is 19.3 Å². The second kappa shape index (κ2) is 7.84. The van der Waals surface area contributed by atoms with Crippen LogP contribution in [0.1, 0.15) is 54.6 Å². The lowest BCUT2D eigenvalue weighted by molar-refractivity contribution is 0.274. The summed E-state index contributed by atoms with van der Waals surface area (Å²) in [6.07, 6.45) is 4.76. The Morgan fingerprint density at radius 1 is 1.31 bits per heavy atom. The van der Waals surface area contributed by atoms with Crippen molar-refractivity contribution in [1.82, 2.24) is 15.2 Å². The lowest BCUT2D eigenvalue weighted by Gasteiger charge is -2.45. The number of hydrogen-bond donors (Lipinski definition) is 1. The van der Waals surface area contributed by atoms with Gasteiger partial charge in [-0.3, -0.25) is 0 Å². The molecule has 1 aliphatic heterocycles. The summed E-state index contributed by atoms with van der Waals surface area (Å²) < 4.78 is 25.1. The van der Waals surface area contributed by atoms with Crippen LogP contribution in [0.3, 0.4) is 0 Å². The van der Waals surface area contributed by atoms with Gasteiger partial charge in [-0.15, -0.1) is 11.3 Å². The highest BCUT2D eigenvalue weighted by molar-refractivity contribution is 7.92. The van der Waals surface area contributed by atoms with Crippen molar-refractivity contribution in [3.63, 3.8) is 0 Å².